The Morgan fingerprint density at radius 1 is 0.935 bits per heavy atom. The first-order valence-corrected chi connectivity index (χ1v) is 11.4. The summed E-state index contributed by atoms with van der Waals surface area (Å²) in [7, 11) is 0. The minimum atomic E-state index is -0.248. The van der Waals surface area contributed by atoms with Crippen LogP contribution in [0.1, 0.15) is 42.1 Å². The monoisotopic (exact) mass is 479 g/mol. The first kappa shape index (κ1) is 21.4. The predicted octanol–water partition coefficient (Wildman–Crippen LogP) is 6.23. The summed E-state index contributed by atoms with van der Waals surface area (Å²) in [6.45, 7) is 7.04. The lowest BCUT2D eigenvalue weighted by atomic mass is 9.86. The van der Waals surface area contributed by atoms with Crippen molar-refractivity contribution in [2.24, 2.45) is 0 Å². The Morgan fingerprint density at radius 2 is 1.55 bits per heavy atom. The Balaban J connectivity index is 1.91. The van der Waals surface area contributed by atoms with E-state index >= 15 is 0 Å². The van der Waals surface area contributed by atoms with Crippen LogP contribution in [0, 0.1) is 6.92 Å². The van der Waals surface area contributed by atoms with Crippen LogP contribution < -0.4 is 14.4 Å². The van der Waals surface area contributed by atoms with Crippen LogP contribution in [0.4, 0.5) is 5.69 Å². The molecule has 1 aliphatic heterocycles. The Hall–Kier alpha value is -2.79. The molecule has 31 heavy (non-hydrogen) atoms. The molecule has 3 aromatic rings. The van der Waals surface area contributed by atoms with E-state index < -0.39 is 0 Å². The highest BCUT2D eigenvalue weighted by Gasteiger charge is 2.36. The number of fused-ring (bicyclic) bond motifs is 1. The van der Waals surface area contributed by atoms with E-state index in [0.29, 0.717) is 31.1 Å². The number of nitrogens with zero attached hydrogens (tertiary/aromatic N) is 1. The predicted molar refractivity (Wildman–Crippen MR) is 127 cm³/mol. The van der Waals surface area contributed by atoms with Crippen LogP contribution in [0.3, 0.4) is 0 Å². The summed E-state index contributed by atoms with van der Waals surface area (Å²) in [5.74, 6) is 1.47. The number of hydrogen-bond donors (Lipinski definition) is 0. The quantitative estimate of drug-likeness (QED) is 0.420. The van der Waals surface area contributed by atoms with Crippen LogP contribution in [-0.2, 0) is 11.2 Å². The molecular weight excluding hydrogens is 454 g/mol. The molecule has 0 N–H and O–H groups in total. The van der Waals surface area contributed by atoms with Crippen LogP contribution in [0.5, 0.6) is 11.5 Å². The number of aryl methyl sites for hydroxylation is 1. The third kappa shape index (κ3) is 4.33. The van der Waals surface area contributed by atoms with Gasteiger partial charge >= 0.3 is 0 Å². The van der Waals surface area contributed by atoms with E-state index in [1.807, 2.05) is 74.2 Å². The number of ether oxygens (including phenoxy) is 2. The Morgan fingerprint density at radius 3 is 2.16 bits per heavy atom. The number of rotatable bonds is 6. The summed E-state index contributed by atoms with van der Waals surface area (Å²) in [6, 6.07) is 20.0. The third-order valence-electron chi connectivity index (χ3n) is 5.47. The van der Waals surface area contributed by atoms with Gasteiger partial charge in [-0.05, 0) is 73.9 Å². The Labute approximate surface area is 191 Å². The van der Waals surface area contributed by atoms with E-state index in [2.05, 4.69) is 28.1 Å². The summed E-state index contributed by atoms with van der Waals surface area (Å²) >= 11 is 3.52. The SMILES string of the molecule is CCOc1cc2c(cc1OCC)[C@@H](c1ccc(Br)cc1)N(c1ccc(C)cc1)C(=O)C2. The van der Waals surface area contributed by atoms with Gasteiger partial charge in [0.1, 0.15) is 0 Å². The van der Waals surface area contributed by atoms with Crippen molar-refractivity contribution in [1.82, 2.24) is 0 Å². The number of halogens is 1. The van der Waals surface area contributed by atoms with E-state index in [-0.39, 0.29) is 11.9 Å². The molecule has 5 heteroatoms. The zero-order chi connectivity index (χ0) is 22.0. The van der Waals surface area contributed by atoms with Crippen molar-refractivity contribution in [3.8, 4) is 11.5 Å². The molecule has 0 unspecified atom stereocenters. The summed E-state index contributed by atoms with van der Waals surface area (Å²) in [4.78, 5) is 15.3. The maximum atomic E-state index is 13.4. The smallest absolute Gasteiger partial charge is 0.232 e. The van der Waals surface area contributed by atoms with Crippen molar-refractivity contribution in [3.05, 3.63) is 87.4 Å². The molecule has 0 bridgehead atoms. The van der Waals surface area contributed by atoms with Crippen molar-refractivity contribution in [2.45, 2.75) is 33.2 Å². The minimum Gasteiger partial charge on any atom is -0.490 e. The summed E-state index contributed by atoms with van der Waals surface area (Å²) in [5.41, 5.74) is 5.14. The van der Waals surface area contributed by atoms with Crippen molar-refractivity contribution in [2.75, 3.05) is 18.1 Å². The van der Waals surface area contributed by atoms with Gasteiger partial charge in [-0.1, -0.05) is 45.8 Å². The molecule has 1 aliphatic rings. The van der Waals surface area contributed by atoms with Gasteiger partial charge in [0.15, 0.2) is 11.5 Å². The standard InChI is InChI=1S/C26H26BrNO3/c1-4-30-23-14-19-15-25(29)28(21-12-6-17(3)7-13-21)26(18-8-10-20(27)11-9-18)22(19)16-24(23)31-5-2/h6-14,16,26H,4-5,15H2,1-3H3/t26-/m1/s1. The molecule has 1 amide bonds. The van der Waals surface area contributed by atoms with Crippen LogP contribution in [0.25, 0.3) is 0 Å². The number of hydrogen-bond acceptors (Lipinski definition) is 3. The van der Waals surface area contributed by atoms with E-state index in [9.17, 15) is 4.79 Å². The van der Waals surface area contributed by atoms with Crippen LogP contribution >= 0.6 is 15.9 Å². The van der Waals surface area contributed by atoms with Gasteiger partial charge in [0, 0.05) is 10.2 Å². The van der Waals surface area contributed by atoms with E-state index in [1.165, 1.54) is 0 Å². The summed E-state index contributed by atoms with van der Waals surface area (Å²) in [6.07, 6.45) is 0.322. The van der Waals surface area contributed by atoms with Crippen molar-refractivity contribution < 1.29 is 14.3 Å². The molecular formula is C26H26BrNO3. The highest BCUT2D eigenvalue weighted by molar-refractivity contribution is 9.10. The number of amides is 1. The molecule has 4 rings (SSSR count). The Bertz CT molecular complexity index is 1080. The van der Waals surface area contributed by atoms with Crippen molar-refractivity contribution in [3.63, 3.8) is 0 Å². The maximum Gasteiger partial charge on any atom is 0.232 e. The van der Waals surface area contributed by atoms with E-state index in [1.54, 1.807) is 0 Å². The largest absolute Gasteiger partial charge is 0.490 e. The van der Waals surface area contributed by atoms with Gasteiger partial charge in [0.05, 0.1) is 25.7 Å². The fraction of sp³-hybridized carbons (Fsp3) is 0.269. The summed E-state index contributed by atoms with van der Waals surface area (Å²) < 4.78 is 12.7. The molecule has 0 spiro atoms. The Kier molecular flexibility index (Phi) is 6.33. The molecule has 4 nitrogen and oxygen atoms in total. The average molecular weight is 480 g/mol. The molecule has 0 saturated heterocycles. The zero-order valence-electron chi connectivity index (χ0n) is 18.0. The van der Waals surface area contributed by atoms with Gasteiger partial charge in [-0.15, -0.1) is 0 Å². The number of carbonyl (C=O) groups excluding carboxylic acids is 1. The lowest BCUT2D eigenvalue weighted by molar-refractivity contribution is -0.118. The van der Waals surface area contributed by atoms with E-state index in [0.717, 1.165) is 32.4 Å². The molecule has 0 saturated carbocycles. The highest BCUT2D eigenvalue weighted by Crippen LogP contribution is 2.43. The van der Waals surface area contributed by atoms with Crippen molar-refractivity contribution >= 4 is 27.5 Å². The number of anilines is 1. The lowest BCUT2D eigenvalue weighted by Gasteiger charge is -2.38. The molecule has 160 valence electrons. The van der Waals surface area contributed by atoms with Gasteiger partial charge < -0.3 is 14.4 Å². The van der Waals surface area contributed by atoms with Crippen LogP contribution in [0.15, 0.2) is 65.1 Å². The molecule has 0 radical (unpaired) electrons. The van der Waals surface area contributed by atoms with E-state index in [4.69, 9.17) is 9.47 Å². The minimum absolute atomic E-state index is 0.0656. The fourth-order valence-corrected chi connectivity index (χ4v) is 4.33. The van der Waals surface area contributed by atoms with Crippen molar-refractivity contribution in [1.29, 1.82) is 0 Å². The van der Waals surface area contributed by atoms with Crippen LogP contribution in [-0.4, -0.2) is 19.1 Å². The second kappa shape index (κ2) is 9.15. The normalized spacial score (nSPS) is 15.5. The second-order valence-electron chi connectivity index (χ2n) is 7.59. The maximum absolute atomic E-state index is 13.4. The second-order valence-corrected chi connectivity index (χ2v) is 8.51. The molecule has 1 atom stereocenters. The third-order valence-corrected chi connectivity index (χ3v) is 5.99. The lowest BCUT2D eigenvalue weighted by Crippen LogP contribution is -2.41. The summed E-state index contributed by atoms with van der Waals surface area (Å²) in [5, 5.41) is 0. The highest BCUT2D eigenvalue weighted by atomic mass is 79.9. The molecule has 1 heterocycles. The zero-order valence-corrected chi connectivity index (χ0v) is 19.6. The first-order valence-electron chi connectivity index (χ1n) is 10.6. The molecule has 3 aromatic carbocycles. The molecule has 0 aliphatic carbocycles. The van der Waals surface area contributed by atoms with Gasteiger partial charge in [-0.3, -0.25) is 4.79 Å². The first-order chi connectivity index (χ1) is 15.0. The number of benzene rings is 3. The van der Waals surface area contributed by atoms with Gasteiger partial charge in [-0.2, -0.15) is 0 Å². The van der Waals surface area contributed by atoms with Crippen LogP contribution in [0.2, 0.25) is 0 Å². The fourth-order valence-electron chi connectivity index (χ4n) is 4.07. The average Bonchev–Trinajstić information content (AvgIpc) is 2.75. The van der Waals surface area contributed by atoms with Gasteiger partial charge in [-0.25, -0.2) is 0 Å². The topological polar surface area (TPSA) is 38.8 Å². The molecule has 0 fully saturated rings. The number of carbonyl (C=O) groups is 1. The van der Waals surface area contributed by atoms with Gasteiger partial charge in [0.2, 0.25) is 5.91 Å². The molecule has 0 aromatic heterocycles. The van der Waals surface area contributed by atoms with Gasteiger partial charge in [0.25, 0.3) is 0 Å².